The lowest BCUT2D eigenvalue weighted by molar-refractivity contribution is -0.126. The lowest BCUT2D eigenvalue weighted by Crippen LogP contribution is -2.50. The maximum absolute atomic E-state index is 12.2. The highest BCUT2D eigenvalue weighted by Gasteiger charge is 2.29. The first-order chi connectivity index (χ1) is 9.31. The van der Waals surface area contributed by atoms with Gasteiger partial charge in [0.2, 0.25) is 5.91 Å². The minimum atomic E-state index is 0.0278. The fourth-order valence-electron chi connectivity index (χ4n) is 3.05. The molecule has 2 atom stereocenters. The molecule has 5 heteroatoms. The van der Waals surface area contributed by atoms with Crippen LogP contribution in [0.2, 0.25) is 0 Å². The highest BCUT2D eigenvalue weighted by molar-refractivity contribution is 5.81. The van der Waals surface area contributed by atoms with Crippen LogP contribution in [0.15, 0.2) is 0 Å². The number of hydrogen-bond donors (Lipinski definition) is 2. The van der Waals surface area contributed by atoms with Crippen molar-refractivity contribution < 1.29 is 9.53 Å². The summed E-state index contributed by atoms with van der Waals surface area (Å²) in [6.45, 7) is 4.43. The molecule has 0 spiro atoms. The molecule has 2 aliphatic heterocycles. The molecule has 0 bridgehead atoms. The van der Waals surface area contributed by atoms with Crippen molar-refractivity contribution in [3.63, 3.8) is 0 Å². The normalized spacial score (nSPS) is 28.4. The Morgan fingerprint density at radius 1 is 1.26 bits per heavy atom. The molecule has 2 heterocycles. The molecule has 0 saturated carbocycles. The van der Waals surface area contributed by atoms with Gasteiger partial charge in [0.05, 0.1) is 12.6 Å². The van der Waals surface area contributed by atoms with Gasteiger partial charge in [-0.25, -0.2) is 0 Å². The first-order valence-corrected chi connectivity index (χ1v) is 7.55. The van der Waals surface area contributed by atoms with Crippen LogP contribution in [0.25, 0.3) is 0 Å². The lowest BCUT2D eigenvalue weighted by Gasteiger charge is -2.31. The summed E-state index contributed by atoms with van der Waals surface area (Å²) in [5, 5.41) is 6.55. The Labute approximate surface area is 116 Å². The summed E-state index contributed by atoms with van der Waals surface area (Å²) in [5.74, 6) is 0.201. The maximum atomic E-state index is 12.2. The predicted molar refractivity (Wildman–Crippen MR) is 75.1 cm³/mol. The van der Waals surface area contributed by atoms with Gasteiger partial charge < -0.3 is 15.4 Å². The summed E-state index contributed by atoms with van der Waals surface area (Å²) in [6, 6.07) is 0.563. The summed E-state index contributed by atoms with van der Waals surface area (Å²) in [6.07, 6.45) is 5.67. The monoisotopic (exact) mass is 269 g/mol. The van der Waals surface area contributed by atoms with E-state index in [-0.39, 0.29) is 11.9 Å². The van der Waals surface area contributed by atoms with E-state index in [1.54, 1.807) is 7.11 Å². The minimum absolute atomic E-state index is 0.0278. The van der Waals surface area contributed by atoms with Gasteiger partial charge in [-0.3, -0.25) is 9.69 Å². The largest absolute Gasteiger partial charge is 0.383 e. The van der Waals surface area contributed by atoms with Crippen molar-refractivity contribution in [3.05, 3.63) is 0 Å². The molecule has 0 aromatic rings. The molecule has 2 fully saturated rings. The number of carbonyl (C=O) groups is 1. The van der Waals surface area contributed by atoms with Crippen LogP contribution < -0.4 is 10.6 Å². The number of ether oxygens (including phenoxy) is 1. The Morgan fingerprint density at radius 2 is 2.16 bits per heavy atom. The molecule has 2 rings (SSSR count). The second-order valence-electron chi connectivity index (χ2n) is 5.58. The van der Waals surface area contributed by atoms with Crippen molar-refractivity contribution in [2.75, 3.05) is 39.9 Å². The molecule has 2 aliphatic rings. The van der Waals surface area contributed by atoms with Gasteiger partial charge in [-0.2, -0.15) is 0 Å². The van der Waals surface area contributed by atoms with Gasteiger partial charge in [0, 0.05) is 32.8 Å². The minimum Gasteiger partial charge on any atom is -0.383 e. The summed E-state index contributed by atoms with van der Waals surface area (Å²) in [4.78, 5) is 14.5. The molecule has 1 amide bonds. The van der Waals surface area contributed by atoms with E-state index in [1.165, 1.54) is 12.8 Å². The quantitative estimate of drug-likeness (QED) is 0.731. The fraction of sp³-hybridized carbons (Fsp3) is 0.929. The zero-order valence-electron chi connectivity index (χ0n) is 12.0. The second-order valence-corrected chi connectivity index (χ2v) is 5.58. The van der Waals surface area contributed by atoms with Crippen molar-refractivity contribution in [1.29, 1.82) is 0 Å². The van der Waals surface area contributed by atoms with Crippen LogP contribution in [0.3, 0.4) is 0 Å². The van der Waals surface area contributed by atoms with Gasteiger partial charge in [0.1, 0.15) is 0 Å². The van der Waals surface area contributed by atoms with Gasteiger partial charge >= 0.3 is 0 Å². The van der Waals surface area contributed by atoms with Crippen molar-refractivity contribution in [2.45, 2.75) is 44.2 Å². The molecule has 0 aromatic carbocycles. The highest BCUT2D eigenvalue weighted by Crippen LogP contribution is 2.15. The Hall–Kier alpha value is -0.650. The molecule has 19 heavy (non-hydrogen) atoms. The topological polar surface area (TPSA) is 53.6 Å². The van der Waals surface area contributed by atoms with E-state index < -0.39 is 0 Å². The molecule has 2 N–H and O–H groups in total. The third-order valence-electron chi connectivity index (χ3n) is 4.15. The number of amides is 1. The molecular weight excluding hydrogens is 242 g/mol. The van der Waals surface area contributed by atoms with Crippen molar-refractivity contribution in [1.82, 2.24) is 15.5 Å². The maximum Gasteiger partial charge on any atom is 0.237 e. The van der Waals surface area contributed by atoms with Crippen molar-refractivity contribution in [3.8, 4) is 0 Å². The molecule has 2 saturated heterocycles. The summed E-state index contributed by atoms with van der Waals surface area (Å²) < 4.78 is 5.20. The van der Waals surface area contributed by atoms with Gasteiger partial charge in [0.15, 0.2) is 0 Å². The molecule has 2 unspecified atom stereocenters. The van der Waals surface area contributed by atoms with Crippen LogP contribution in [0.5, 0.6) is 0 Å². The van der Waals surface area contributed by atoms with Gasteiger partial charge in [-0.15, -0.1) is 0 Å². The van der Waals surface area contributed by atoms with Gasteiger partial charge in [-0.05, 0) is 38.6 Å². The van der Waals surface area contributed by atoms with Crippen LogP contribution in [-0.4, -0.2) is 62.8 Å². The first kappa shape index (κ1) is 14.8. The molecule has 0 radical (unpaired) electrons. The van der Waals surface area contributed by atoms with Crippen molar-refractivity contribution in [2.24, 2.45) is 0 Å². The van der Waals surface area contributed by atoms with Gasteiger partial charge in [-0.1, -0.05) is 0 Å². The number of hydrogen-bond acceptors (Lipinski definition) is 4. The standard InChI is InChI=1S/C14H27N3O2/c1-19-10-9-17(11-12-5-4-8-15-12)13-6-2-3-7-16-14(13)18/h12-13,15H,2-11H2,1H3,(H,16,18). The van der Waals surface area contributed by atoms with E-state index >= 15 is 0 Å². The van der Waals surface area contributed by atoms with E-state index in [0.29, 0.717) is 12.6 Å². The predicted octanol–water partition coefficient (Wildman–Crippen LogP) is 0.356. The van der Waals surface area contributed by atoms with Crippen LogP contribution >= 0.6 is 0 Å². The van der Waals surface area contributed by atoms with E-state index in [9.17, 15) is 4.79 Å². The highest BCUT2D eigenvalue weighted by atomic mass is 16.5. The average Bonchev–Trinajstić information content (AvgIpc) is 2.83. The second kappa shape index (κ2) is 7.82. The molecule has 0 aromatic heterocycles. The van der Waals surface area contributed by atoms with Crippen LogP contribution in [0.1, 0.15) is 32.1 Å². The fourth-order valence-corrected chi connectivity index (χ4v) is 3.05. The Bertz CT molecular complexity index is 280. The number of carbonyl (C=O) groups excluding carboxylic acids is 1. The zero-order valence-corrected chi connectivity index (χ0v) is 12.0. The Kier molecular flexibility index (Phi) is 6.07. The summed E-state index contributed by atoms with van der Waals surface area (Å²) >= 11 is 0. The van der Waals surface area contributed by atoms with Crippen LogP contribution in [-0.2, 0) is 9.53 Å². The Morgan fingerprint density at radius 3 is 2.89 bits per heavy atom. The van der Waals surface area contributed by atoms with Crippen LogP contribution in [0, 0.1) is 0 Å². The number of rotatable bonds is 6. The van der Waals surface area contributed by atoms with Crippen molar-refractivity contribution >= 4 is 5.91 Å². The number of nitrogens with one attached hydrogen (secondary N) is 2. The third-order valence-corrected chi connectivity index (χ3v) is 4.15. The van der Waals surface area contributed by atoms with Crippen LogP contribution in [0.4, 0.5) is 0 Å². The van der Waals surface area contributed by atoms with E-state index in [2.05, 4.69) is 15.5 Å². The first-order valence-electron chi connectivity index (χ1n) is 7.55. The van der Waals surface area contributed by atoms with E-state index in [1.807, 2.05) is 0 Å². The summed E-state index contributed by atoms with van der Waals surface area (Å²) in [7, 11) is 1.72. The molecule has 110 valence electrons. The lowest BCUT2D eigenvalue weighted by atomic mass is 10.1. The SMILES string of the molecule is COCCN(CC1CCCN1)C1CCCCNC1=O. The average molecular weight is 269 g/mol. The zero-order chi connectivity index (χ0) is 13.5. The number of nitrogens with zero attached hydrogens (tertiary/aromatic N) is 1. The molecule has 0 aliphatic carbocycles. The van der Waals surface area contributed by atoms with Gasteiger partial charge in [0.25, 0.3) is 0 Å². The van der Waals surface area contributed by atoms with E-state index in [4.69, 9.17) is 4.74 Å². The molecular formula is C14H27N3O2. The van der Waals surface area contributed by atoms with E-state index in [0.717, 1.165) is 45.4 Å². The smallest absolute Gasteiger partial charge is 0.237 e. The Balaban J connectivity index is 1.94. The number of methoxy groups -OCH3 is 1. The summed E-state index contributed by atoms with van der Waals surface area (Å²) in [5.41, 5.74) is 0. The third kappa shape index (κ3) is 4.44. The molecule has 5 nitrogen and oxygen atoms in total.